The summed E-state index contributed by atoms with van der Waals surface area (Å²) in [5.74, 6) is 0.712. The molecule has 0 bridgehead atoms. The van der Waals surface area contributed by atoms with Gasteiger partial charge in [0.25, 0.3) is 5.22 Å². The van der Waals surface area contributed by atoms with Gasteiger partial charge in [-0.05, 0) is 31.2 Å². The molecule has 2 aromatic carbocycles. The topological polar surface area (TPSA) is 73.1 Å². The second kappa shape index (κ2) is 8.07. The van der Waals surface area contributed by atoms with Crippen molar-refractivity contribution in [3.8, 4) is 11.5 Å². The molecular weight excluding hydrogens is 392 g/mol. The smallest absolute Gasteiger partial charge is 0.277 e. The molecule has 0 spiro atoms. The largest absolute Gasteiger partial charge is 0.411 e. The predicted molar refractivity (Wildman–Crippen MR) is 103 cm³/mol. The van der Waals surface area contributed by atoms with Crippen LogP contribution in [-0.2, 0) is 9.84 Å². The van der Waals surface area contributed by atoms with Crippen LogP contribution in [0, 0.1) is 6.92 Å². The lowest BCUT2D eigenvalue weighted by Crippen LogP contribution is -1.96. The summed E-state index contributed by atoms with van der Waals surface area (Å²) >= 11 is 7.35. The van der Waals surface area contributed by atoms with Gasteiger partial charge in [0.1, 0.15) is 0 Å². The van der Waals surface area contributed by atoms with Gasteiger partial charge in [0.05, 0.1) is 15.5 Å². The van der Waals surface area contributed by atoms with Gasteiger partial charge in [-0.2, -0.15) is 0 Å². The van der Waals surface area contributed by atoms with Gasteiger partial charge >= 0.3 is 0 Å². The molecule has 0 atom stereocenters. The number of sulfone groups is 1. The zero-order valence-electron chi connectivity index (χ0n) is 13.8. The van der Waals surface area contributed by atoms with Crippen molar-refractivity contribution >= 4 is 33.2 Å². The van der Waals surface area contributed by atoms with Gasteiger partial charge in [-0.25, -0.2) is 8.42 Å². The SMILES string of the molecule is Cc1ccc(S(=O)(=O)/C=C/CSc2nnc(-c3ccccc3Cl)o2)cc1. The van der Waals surface area contributed by atoms with E-state index in [1.807, 2.05) is 19.1 Å². The monoisotopic (exact) mass is 406 g/mol. The lowest BCUT2D eigenvalue weighted by Gasteiger charge is -1.99. The number of hydrogen-bond donors (Lipinski definition) is 0. The standard InChI is InChI=1S/C18H15ClN2O3S2/c1-13-7-9-14(10-8-13)26(22,23)12-4-11-25-18-21-20-17(24-18)15-5-2-3-6-16(15)19/h2-10,12H,11H2,1H3/b12-4+. The summed E-state index contributed by atoms with van der Waals surface area (Å²) in [5.41, 5.74) is 1.67. The second-order valence-corrected chi connectivity index (χ2v) is 8.61. The van der Waals surface area contributed by atoms with E-state index >= 15 is 0 Å². The quantitative estimate of drug-likeness (QED) is 0.548. The van der Waals surface area contributed by atoms with Crippen LogP contribution in [-0.4, -0.2) is 24.4 Å². The van der Waals surface area contributed by atoms with Crippen molar-refractivity contribution in [2.24, 2.45) is 0 Å². The highest BCUT2D eigenvalue weighted by molar-refractivity contribution is 7.99. The highest BCUT2D eigenvalue weighted by atomic mass is 35.5. The summed E-state index contributed by atoms with van der Waals surface area (Å²) in [6, 6.07) is 13.9. The Morgan fingerprint density at radius 3 is 2.58 bits per heavy atom. The molecule has 3 aromatic rings. The summed E-state index contributed by atoms with van der Waals surface area (Å²) in [6.45, 7) is 1.91. The first-order chi connectivity index (χ1) is 12.5. The molecule has 0 saturated carbocycles. The van der Waals surface area contributed by atoms with Gasteiger partial charge in [0.2, 0.25) is 5.89 Å². The Hall–Kier alpha value is -2.09. The number of rotatable bonds is 6. The molecule has 0 aliphatic rings. The van der Waals surface area contributed by atoms with Gasteiger partial charge in [-0.1, -0.05) is 59.3 Å². The molecule has 134 valence electrons. The van der Waals surface area contributed by atoms with Crippen LogP contribution in [0.3, 0.4) is 0 Å². The molecule has 5 nitrogen and oxygen atoms in total. The number of benzene rings is 2. The Morgan fingerprint density at radius 2 is 1.85 bits per heavy atom. The number of halogens is 1. The number of hydrogen-bond acceptors (Lipinski definition) is 6. The normalized spacial score (nSPS) is 11.9. The summed E-state index contributed by atoms with van der Waals surface area (Å²) in [6.07, 6.45) is 1.55. The van der Waals surface area contributed by atoms with Gasteiger partial charge < -0.3 is 4.42 Å². The lowest BCUT2D eigenvalue weighted by atomic mass is 10.2. The number of aromatic nitrogens is 2. The maximum Gasteiger partial charge on any atom is 0.277 e. The predicted octanol–water partition coefficient (Wildman–Crippen LogP) is 4.78. The fourth-order valence-electron chi connectivity index (χ4n) is 2.10. The Labute approximate surface area is 161 Å². The summed E-state index contributed by atoms with van der Waals surface area (Å²) in [5, 5.41) is 9.97. The highest BCUT2D eigenvalue weighted by Gasteiger charge is 2.12. The van der Waals surface area contributed by atoms with E-state index in [1.54, 1.807) is 42.5 Å². The maximum absolute atomic E-state index is 12.2. The molecule has 0 radical (unpaired) electrons. The van der Waals surface area contributed by atoms with E-state index in [-0.39, 0.29) is 4.90 Å². The molecule has 0 saturated heterocycles. The number of nitrogens with zero attached hydrogens (tertiary/aromatic N) is 2. The Kier molecular flexibility index (Phi) is 5.80. The van der Waals surface area contributed by atoms with Gasteiger partial charge in [0.15, 0.2) is 9.84 Å². The average Bonchev–Trinajstić information content (AvgIpc) is 3.08. The zero-order valence-corrected chi connectivity index (χ0v) is 16.2. The van der Waals surface area contributed by atoms with Crippen LogP contribution in [0.25, 0.3) is 11.5 Å². The van der Waals surface area contributed by atoms with E-state index in [4.69, 9.17) is 16.0 Å². The van der Waals surface area contributed by atoms with Crippen LogP contribution in [0.4, 0.5) is 0 Å². The second-order valence-electron chi connectivity index (χ2n) is 5.39. The van der Waals surface area contributed by atoms with E-state index in [0.717, 1.165) is 5.56 Å². The van der Waals surface area contributed by atoms with Crippen molar-refractivity contribution in [2.75, 3.05) is 5.75 Å². The van der Waals surface area contributed by atoms with E-state index in [0.29, 0.717) is 27.5 Å². The Balaban J connectivity index is 1.62. The number of aryl methyl sites for hydroxylation is 1. The molecule has 0 N–H and O–H groups in total. The fourth-order valence-corrected chi connectivity index (χ4v) is 4.04. The van der Waals surface area contributed by atoms with Gasteiger partial charge in [-0.15, -0.1) is 10.2 Å². The minimum Gasteiger partial charge on any atom is -0.411 e. The summed E-state index contributed by atoms with van der Waals surface area (Å²) < 4.78 is 30.0. The van der Waals surface area contributed by atoms with Crippen LogP contribution < -0.4 is 0 Å². The van der Waals surface area contributed by atoms with E-state index in [1.165, 1.54) is 17.2 Å². The van der Waals surface area contributed by atoms with Crippen LogP contribution in [0.15, 0.2) is 74.6 Å². The van der Waals surface area contributed by atoms with Crippen molar-refractivity contribution in [1.82, 2.24) is 10.2 Å². The van der Waals surface area contributed by atoms with Crippen LogP contribution in [0.2, 0.25) is 5.02 Å². The van der Waals surface area contributed by atoms with Crippen molar-refractivity contribution in [3.63, 3.8) is 0 Å². The third-order valence-electron chi connectivity index (χ3n) is 3.44. The van der Waals surface area contributed by atoms with E-state index in [9.17, 15) is 8.42 Å². The first-order valence-electron chi connectivity index (χ1n) is 7.65. The molecule has 0 fully saturated rings. The third-order valence-corrected chi connectivity index (χ3v) is 6.02. The average molecular weight is 407 g/mol. The number of thioether (sulfide) groups is 1. The highest BCUT2D eigenvalue weighted by Crippen LogP contribution is 2.28. The summed E-state index contributed by atoms with van der Waals surface area (Å²) in [4.78, 5) is 0.267. The fraction of sp³-hybridized carbons (Fsp3) is 0.111. The molecule has 3 rings (SSSR count). The molecule has 0 aliphatic carbocycles. The minimum absolute atomic E-state index is 0.267. The molecule has 0 amide bonds. The van der Waals surface area contributed by atoms with Crippen molar-refractivity contribution in [3.05, 3.63) is 70.6 Å². The van der Waals surface area contributed by atoms with E-state index in [2.05, 4.69) is 10.2 Å². The van der Waals surface area contributed by atoms with Gasteiger partial charge in [0, 0.05) is 11.2 Å². The van der Waals surface area contributed by atoms with Gasteiger partial charge in [-0.3, -0.25) is 0 Å². The molecule has 1 aromatic heterocycles. The molecule has 0 unspecified atom stereocenters. The maximum atomic E-state index is 12.2. The van der Waals surface area contributed by atoms with Crippen LogP contribution in [0.1, 0.15) is 5.56 Å². The third kappa shape index (κ3) is 4.55. The van der Waals surface area contributed by atoms with E-state index < -0.39 is 9.84 Å². The van der Waals surface area contributed by atoms with Crippen molar-refractivity contribution < 1.29 is 12.8 Å². The molecule has 0 aliphatic heterocycles. The molecule has 8 heteroatoms. The Morgan fingerprint density at radius 1 is 1.12 bits per heavy atom. The molecule has 1 heterocycles. The molecular formula is C18H15ClN2O3S2. The van der Waals surface area contributed by atoms with Crippen molar-refractivity contribution in [2.45, 2.75) is 17.0 Å². The zero-order chi connectivity index (χ0) is 18.6. The van der Waals surface area contributed by atoms with Crippen LogP contribution in [0.5, 0.6) is 0 Å². The van der Waals surface area contributed by atoms with Crippen molar-refractivity contribution in [1.29, 1.82) is 0 Å². The first kappa shape index (κ1) is 18.7. The summed E-state index contributed by atoms with van der Waals surface area (Å²) in [7, 11) is -3.45. The first-order valence-corrected chi connectivity index (χ1v) is 10.6. The van der Waals surface area contributed by atoms with Crippen LogP contribution >= 0.6 is 23.4 Å². The minimum atomic E-state index is -3.45. The molecule has 26 heavy (non-hydrogen) atoms. The Bertz CT molecular complexity index is 1030. The lowest BCUT2D eigenvalue weighted by molar-refractivity contribution is 0.466.